The third-order valence-electron chi connectivity index (χ3n) is 4.41. The number of carbonyl (C=O) groups excluding carboxylic acids is 2. The minimum Gasteiger partial charge on any atom is -0.344 e. The standard InChI is InChI=1S/C17H25N3O2/c1-12-6-5-7-15(13(12)2)20-11-14(10-16(20)21)17(22)19(4)9-8-18-3/h5-7,14,18H,8-11H2,1-4H3. The van der Waals surface area contributed by atoms with Gasteiger partial charge in [0, 0.05) is 38.8 Å². The van der Waals surface area contributed by atoms with Crippen molar-refractivity contribution in [1.82, 2.24) is 10.2 Å². The van der Waals surface area contributed by atoms with Crippen LogP contribution in [-0.4, -0.2) is 50.4 Å². The van der Waals surface area contributed by atoms with Gasteiger partial charge in [-0.15, -0.1) is 0 Å². The molecule has 1 unspecified atom stereocenters. The molecule has 0 saturated carbocycles. The minimum atomic E-state index is -0.241. The molecule has 1 aromatic rings. The topological polar surface area (TPSA) is 52.7 Å². The second kappa shape index (κ2) is 6.92. The van der Waals surface area contributed by atoms with Crippen molar-refractivity contribution in [3.63, 3.8) is 0 Å². The first-order chi connectivity index (χ1) is 10.5. The van der Waals surface area contributed by atoms with Crippen molar-refractivity contribution in [2.24, 2.45) is 5.92 Å². The first-order valence-corrected chi connectivity index (χ1v) is 7.72. The minimum absolute atomic E-state index is 0.0362. The second-order valence-electron chi connectivity index (χ2n) is 5.99. The summed E-state index contributed by atoms with van der Waals surface area (Å²) in [6, 6.07) is 5.95. The highest BCUT2D eigenvalue weighted by Crippen LogP contribution is 2.29. The van der Waals surface area contributed by atoms with Crippen LogP contribution in [0.4, 0.5) is 5.69 Å². The van der Waals surface area contributed by atoms with Gasteiger partial charge in [0.25, 0.3) is 0 Å². The lowest BCUT2D eigenvalue weighted by molar-refractivity contribution is -0.134. The molecule has 1 saturated heterocycles. The zero-order valence-corrected chi connectivity index (χ0v) is 13.8. The number of benzene rings is 1. The molecule has 120 valence electrons. The van der Waals surface area contributed by atoms with E-state index in [4.69, 9.17) is 0 Å². The molecular formula is C17H25N3O2. The van der Waals surface area contributed by atoms with Crippen LogP contribution >= 0.6 is 0 Å². The maximum atomic E-state index is 12.4. The van der Waals surface area contributed by atoms with E-state index >= 15 is 0 Å². The summed E-state index contributed by atoms with van der Waals surface area (Å²) in [5.41, 5.74) is 3.19. The van der Waals surface area contributed by atoms with Gasteiger partial charge in [0.05, 0.1) is 5.92 Å². The van der Waals surface area contributed by atoms with Crippen molar-refractivity contribution in [2.75, 3.05) is 38.6 Å². The summed E-state index contributed by atoms with van der Waals surface area (Å²) in [5.74, 6) is -0.153. The summed E-state index contributed by atoms with van der Waals surface area (Å²) in [7, 11) is 3.66. The average molecular weight is 303 g/mol. The molecule has 0 bridgehead atoms. The van der Waals surface area contributed by atoms with Gasteiger partial charge < -0.3 is 15.1 Å². The van der Waals surface area contributed by atoms with E-state index in [1.807, 2.05) is 39.1 Å². The van der Waals surface area contributed by atoms with E-state index in [1.54, 1.807) is 16.8 Å². The maximum Gasteiger partial charge on any atom is 0.227 e. The molecule has 5 nitrogen and oxygen atoms in total. The Kier molecular flexibility index (Phi) is 5.19. The Morgan fingerprint density at radius 2 is 2.14 bits per heavy atom. The van der Waals surface area contributed by atoms with Gasteiger partial charge in [-0.25, -0.2) is 0 Å². The normalized spacial score (nSPS) is 17.9. The van der Waals surface area contributed by atoms with Crippen molar-refractivity contribution >= 4 is 17.5 Å². The Balaban J connectivity index is 2.11. The molecule has 0 radical (unpaired) electrons. The molecule has 1 N–H and O–H groups in total. The summed E-state index contributed by atoms with van der Waals surface area (Å²) >= 11 is 0. The number of nitrogens with zero attached hydrogens (tertiary/aromatic N) is 2. The summed E-state index contributed by atoms with van der Waals surface area (Å²) < 4.78 is 0. The van der Waals surface area contributed by atoms with Crippen LogP contribution in [0.5, 0.6) is 0 Å². The lowest BCUT2D eigenvalue weighted by Gasteiger charge is -2.22. The fourth-order valence-electron chi connectivity index (χ4n) is 2.84. The molecule has 1 aliphatic rings. The molecule has 5 heteroatoms. The van der Waals surface area contributed by atoms with Gasteiger partial charge in [-0.1, -0.05) is 12.1 Å². The van der Waals surface area contributed by atoms with Gasteiger partial charge in [-0.05, 0) is 38.1 Å². The summed E-state index contributed by atoms with van der Waals surface area (Å²) in [6.45, 7) is 5.94. The number of amides is 2. The fraction of sp³-hybridized carbons (Fsp3) is 0.529. The molecule has 0 spiro atoms. The van der Waals surface area contributed by atoms with Crippen molar-refractivity contribution in [2.45, 2.75) is 20.3 Å². The molecule has 22 heavy (non-hydrogen) atoms. The molecule has 1 fully saturated rings. The number of hydrogen-bond acceptors (Lipinski definition) is 3. The van der Waals surface area contributed by atoms with Crippen LogP contribution in [-0.2, 0) is 9.59 Å². The predicted octanol–water partition coefficient (Wildman–Crippen LogP) is 1.33. The van der Waals surface area contributed by atoms with Crippen LogP contribution in [0.25, 0.3) is 0 Å². The largest absolute Gasteiger partial charge is 0.344 e. The highest BCUT2D eigenvalue weighted by atomic mass is 16.2. The van der Waals surface area contributed by atoms with Crippen molar-refractivity contribution < 1.29 is 9.59 Å². The quantitative estimate of drug-likeness (QED) is 0.893. The molecule has 1 heterocycles. The van der Waals surface area contributed by atoms with E-state index in [-0.39, 0.29) is 17.7 Å². The third kappa shape index (κ3) is 3.30. The Morgan fingerprint density at radius 3 is 2.82 bits per heavy atom. The van der Waals surface area contributed by atoms with E-state index in [2.05, 4.69) is 5.32 Å². The summed E-state index contributed by atoms with van der Waals surface area (Å²) in [4.78, 5) is 28.2. The van der Waals surface area contributed by atoms with Crippen LogP contribution in [0.2, 0.25) is 0 Å². The number of carbonyl (C=O) groups is 2. The van der Waals surface area contributed by atoms with Crippen LogP contribution in [0.15, 0.2) is 18.2 Å². The Labute approximate surface area is 132 Å². The number of nitrogens with one attached hydrogen (secondary N) is 1. The number of likely N-dealkylation sites (N-methyl/N-ethyl adjacent to an activating group) is 2. The lowest BCUT2D eigenvalue weighted by Crippen LogP contribution is -2.38. The Morgan fingerprint density at radius 1 is 1.41 bits per heavy atom. The molecule has 0 aliphatic carbocycles. The molecule has 0 aromatic heterocycles. The zero-order valence-electron chi connectivity index (χ0n) is 13.8. The number of rotatable bonds is 5. The molecule has 1 aliphatic heterocycles. The lowest BCUT2D eigenvalue weighted by atomic mass is 10.1. The van der Waals surface area contributed by atoms with Crippen molar-refractivity contribution in [3.8, 4) is 0 Å². The molecule has 2 amide bonds. The molecule has 2 rings (SSSR count). The zero-order chi connectivity index (χ0) is 16.3. The fourth-order valence-corrected chi connectivity index (χ4v) is 2.84. The highest BCUT2D eigenvalue weighted by molar-refractivity contribution is 6.00. The monoisotopic (exact) mass is 303 g/mol. The third-order valence-corrected chi connectivity index (χ3v) is 4.41. The van der Waals surface area contributed by atoms with E-state index < -0.39 is 0 Å². The summed E-state index contributed by atoms with van der Waals surface area (Å²) in [5, 5.41) is 3.03. The number of hydrogen-bond donors (Lipinski definition) is 1. The van der Waals surface area contributed by atoms with Crippen LogP contribution in [0, 0.1) is 19.8 Å². The average Bonchev–Trinajstić information content (AvgIpc) is 2.88. The van der Waals surface area contributed by atoms with Gasteiger partial charge in [0.2, 0.25) is 11.8 Å². The number of anilines is 1. The first-order valence-electron chi connectivity index (χ1n) is 7.72. The number of aryl methyl sites for hydroxylation is 1. The first kappa shape index (κ1) is 16.5. The van der Waals surface area contributed by atoms with Gasteiger partial charge in [-0.2, -0.15) is 0 Å². The van der Waals surface area contributed by atoms with Crippen LogP contribution in [0.1, 0.15) is 17.5 Å². The summed E-state index contributed by atoms with van der Waals surface area (Å²) in [6.07, 6.45) is 0.302. The van der Waals surface area contributed by atoms with Gasteiger partial charge in [0.1, 0.15) is 0 Å². The van der Waals surface area contributed by atoms with Gasteiger partial charge >= 0.3 is 0 Å². The van der Waals surface area contributed by atoms with Gasteiger partial charge in [0.15, 0.2) is 0 Å². The smallest absolute Gasteiger partial charge is 0.227 e. The Hall–Kier alpha value is -1.88. The van der Waals surface area contributed by atoms with E-state index in [9.17, 15) is 9.59 Å². The SMILES string of the molecule is CNCCN(C)C(=O)C1CC(=O)N(c2cccc(C)c2C)C1. The van der Waals surface area contributed by atoms with E-state index in [0.717, 1.165) is 23.4 Å². The van der Waals surface area contributed by atoms with Crippen molar-refractivity contribution in [1.29, 1.82) is 0 Å². The van der Waals surface area contributed by atoms with Crippen LogP contribution in [0.3, 0.4) is 0 Å². The predicted molar refractivity (Wildman–Crippen MR) is 87.9 cm³/mol. The van der Waals surface area contributed by atoms with Gasteiger partial charge in [-0.3, -0.25) is 9.59 Å². The molecule has 1 aromatic carbocycles. The van der Waals surface area contributed by atoms with E-state index in [1.165, 1.54) is 0 Å². The Bertz CT molecular complexity index is 571. The van der Waals surface area contributed by atoms with E-state index in [0.29, 0.717) is 19.5 Å². The second-order valence-corrected chi connectivity index (χ2v) is 5.99. The maximum absolute atomic E-state index is 12.4. The molecule has 1 atom stereocenters. The van der Waals surface area contributed by atoms with Crippen molar-refractivity contribution in [3.05, 3.63) is 29.3 Å². The molecular weight excluding hydrogens is 278 g/mol. The van der Waals surface area contributed by atoms with Crippen LogP contribution < -0.4 is 10.2 Å². The highest BCUT2D eigenvalue weighted by Gasteiger charge is 2.36.